The molecule has 0 N–H and O–H groups in total. The van der Waals surface area contributed by atoms with Gasteiger partial charge in [0.15, 0.2) is 0 Å². The molecule has 0 nitrogen and oxygen atoms in total. The van der Waals surface area contributed by atoms with Gasteiger partial charge in [0.25, 0.3) is 0 Å². The summed E-state index contributed by atoms with van der Waals surface area (Å²) in [6, 6.07) is 28.4. The maximum atomic E-state index is 2.81. The van der Waals surface area contributed by atoms with Gasteiger partial charge in [-0.2, -0.15) is 0 Å². The van der Waals surface area contributed by atoms with Crippen LogP contribution in [0.15, 0.2) is 92.9 Å². The van der Waals surface area contributed by atoms with Crippen molar-refractivity contribution in [2.75, 3.05) is 0 Å². The average Bonchev–Trinajstić information content (AvgIpc) is 3.46. The number of allylic oxidation sites excluding steroid dienone is 4. The molecule has 0 fully saturated rings. The van der Waals surface area contributed by atoms with Gasteiger partial charge in [0, 0.05) is 0 Å². The third kappa shape index (κ3) is 6.85. The topological polar surface area (TPSA) is 0 Å². The van der Waals surface area contributed by atoms with Gasteiger partial charge >= 0.3 is 277 Å². The number of halogens is 2. The van der Waals surface area contributed by atoms with Crippen molar-refractivity contribution in [3.8, 4) is 11.1 Å². The molecule has 0 heterocycles. The van der Waals surface area contributed by atoms with Crippen molar-refractivity contribution in [2.24, 2.45) is 5.92 Å². The maximum absolute atomic E-state index is 2.81. The predicted molar refractivity (Wildman–Crippen MR) is 194 cm³/mol. The van der Waals surface area contributed by atoms with Crippen LogP contribution in [0.25, 0.3) is 21.9 Å². The van der Waals surface area contributed by atoms with Gasteiger partial charge in [-0.05, 0) is 0 Å². The van der Waals surface area contributed by atoms with Crippen LogP contribution in [0.5, 0.6) is 0 Å². The Morgan fingerprint density at radius 1 is 0.761 bits per heavy atom. The SMILES string of the molecule is CC1=[C](/[Zr+2](=[CH]/c2cccc3ccccc23)[c]2cc(C(C)(C)C)cc3c2Cc2ccc(C(C)(C)C)cc2-3)C(C)C=C1[Si](C)(C)C.[Cl-].[Cl-]. The van der Waals surface area contributed by atoms with E-state index in [0.29, 0.717) is 5.92 Å². The monoisotopic (exact) mass is 742 g/mol. The quantitative estimate of drug-likeness (QED) is 0.232. The number of benzene rings is 4. The van der Waals surface area contributed by atoms with E-state index in [1.807, 2.05) is 0 Å². The van der Waals surface area contributed by atoms with Crippen LogP contribution in [-0.4, -0.2) is 11.8 Å². The summed E-state index contributed by atoms with van der Waals surface area (Å²) in [4.78, 5) is 0. The molecular formula is C42H50Cl2SiZr. The summed E-state index contributed by atoms with van der Waals surface area (Å²) in [5, 5.41) is 4.41. The van der Waals surface area contributed by atoms with Gasteiger partial charge in [0.2, 0.25) is 0 Å². The minimum Gasteiger partial charge on any atom is -1.00 e. The molecule has 1 unspecified atom stereocenters. The second-order valence-corrected chi connectivity index (χ2v) is 26.8. The van der Waals surface area contributed by atoms with E-state index in [9.17, 15) is 0 Å². The fourth-order valence-corrected chi connectivity index (χ4v) is 17.5. The molecule has 0 saturated carbocycles. The van der Waals surface area contributed by atoms with Crippen LogP contribution in [-0.2, 0) is 38.5 Å². The summed E-state index contributed by atoms with van der Waals surface area (Å²) in [6.45, 7) is 26.7. The van der Waals surface area contributed by atoms with Gasteiger partial charge in [0.1, 0.15) is 0 Å². The average molecular weight is 745 g/mol. The Kier molecular flexibility index (Phi) is 10.6. The van der Waals surface area contributed by atoms with Crippen molar-refractivity contribution in [3.05, 3.63) is 121 Å². The zero-order chi connectivity index (χ0) is 31.8. The van der Waals surface area contributed by atoms with E-state index in [4.69, 9.17) is 0 Å². The number of fused-ring (bicyclic) bond motifs is 4. The third-order valence-electron chi connectivity index (χ3n) is 9.94. The van der Waals surface area contributed by atoms with E-state index in [0.717, 1.165) is 6.42 Å². The molecule has 0 saturated heterocycles. The Labute approximate surface area is 299 Å². The molecule has 0 aliphatic heterocycles. The van der Waals surface area contributed by atoms with Crippen LogP contribution in [0.3, 0.4) is 0 Å². The van der Waals surface area contributed by atoms with E-state index in [-0.39, 0.29) is 35.6 Å². The Balaban J connectivity index is 0.00000240. The first kappa shape index (κ1) is 37.0. The zero-order valence-corrected chi connectivity index (χ0v) is 34.6. The van der Waals surface area contributed by atoms with E-state index in [1.54, 1.807) is 22.9 Å². The molecule has 240 valence electrons. The molecule has 4 heteroatoms. The molecule has 4 aromatic rings. The Bertz CT molecular complexity index is 1900. The molecule has 0 radical (unpaired) electrons. The Hall–Kier alpha value is -1.83. The first-order chi connectivity index (χ1) is 20.5. The maximum Gasteiger partial charge on any atom is -1.00 e. The first-order valence-electron chi connectivity index (χ1n) is 16.5. The number of rotatable bonds is 4. The fraction of sp³-hybridized carbons (Fsp3) is 0.357. The van der Waals surface area contributed by atoms with Crippen LogP contribution in [0.4, 0.5) is 0 Å². The predicted octanol–water partition coefficient (Wildman–Crippen LogP) is 4.84. The molecule has 6 rings (SSSR count). The smallest absolute Gasteiger partial charge is 1.00 e. The standard InChI is InChI=1S/C21H25.C11H8.C10H17Si.2ClH.Zr/c1-20(2,3)16-9-7-14-11-15-8-10-17(21(4,5)6)13-19(15)18(14)12-16;1-9-5-4-7-10-6-2-3-8-11(9)10;1-8-6-9(2)10(7-8)11(3,4)5;;;/h7,9-10,12-13H,11H2,1-6H3;1-8H;7-8H,1-5H3;2*1H;/q;;;;;+2/p-2. The van der Waals surface area contributed by atoms with Crippen molar-refractivity contribution in [3.63, 3.8) is 0 Å². The summed E-state index contributed by atoms with van der Waals surface area (Å²) in [6.07, 6.45) is 3.71. The van der Waals surface area contributed by atoms with Crippen molar-refractivity contribution in [1.82, 2.24) is 0 Å². The van der Waals surface area contributed by atoms with E-state index < -0.39 is 29.3 Å². The van der Waals surface area contributed by atoms with E-state index in [2.05, 4.69) is 158 Å². The van der Waals surface area contributed by atoms with Gasteiger partial charge in [-0.25, -0.2) is 0 Å². The van der Waals surface area contributed by atoms with Crippen molar-refractivity contribution >= 4 is 25.8 Å². The van der Waals surface area contributed by atoms with Crippen molar-refractivity contribution in [1.29, 1.82) is 0 Å². The van der Waals surface area contributed by atoms with Crippen LogP contribution < -0.4 is 28.1 Å². The molecule has 0 spiro atoms. The summed E-state index contributed by atoms with van der Waals surface area (Å²) in [5.74, 6) is 0.502. The molecule has 2 aliphatic rings. The van der Waals surface area contributed by atoms with Crippen LogP contribution in [0.1, 0.15) is 83.2 Å². The van der Waals surface area contributed by atoms with Crippen LogP contribution in [0, 0.1) is 5.92 Å². The van der Waals surface area contributed by atoms with Gasteiger partial charge < -0.3 is 24.8 Å². The van der Waals surface area contributed by atoms with Crippen LogP contribution >= 0.6 is 0 Å². The molecular weight excluding hydrogens is 695 g/mol. The minimum atomic E-state index is -2.64. The first-order valence-corrected chi connectivity index (χ1v) is 23.9. The summed E-state index contributed by atoms with van der Waals surface area (Å²) >= 11 is -2.64. The summed E-state index contributed by atoms with van der Waals surface area (Å²) in [5.41, 5.74) is 12.2. The van der Waals surface area contributed by atoms with Crippen molar-refractivity contribution in [2.45, 2.75) is 92.3 Å². The second-order valence-electron chi connectivity index (χ2n) is 16.4. The van der Waals surface area contributed by atoms with Gasteiger partial charge in [-0.1, -0.05) is 0 Å². The zero-order valence-electron chi connectivity index (χ0n) is 29.6. The Morgan fingerprint density at radius 3 is 2.02 bits per heavy atom. The number of hydrogen-bond donors (Lipinski definition) is 0. The van der Waals surface area contributed by atoms with Crippen LogP contribution in [0.2, 0.25) is 19.6 Å². The molecule has 0 amide bonds. The molecule has 1 atom stereocenters. The summed E-state index contributed by atoms with van der Waals surface area (Å²) in [7, 11) is -1.47. The third-order valence-corrected chi connectivity index (χ3v) is 19.6. The van der Waals surface area contributed by atoms with Gasteiger partial charge in [-0.3, -0.25) is 0 Å². The largest absolute Gasteiger partial charge is 1.00 e. The van der Waals surface area contributed by atoms with Gasteiger partial charge in [0.05, 0.1) is 0 Å². The van der Waals surface area contributed by atoms with E-state index in [1.165, 1.54) is 44.2 Å². The molecule has 0 bridgehead atoms. The summed E-state index contributed by atoms with van der Waals surface area (Å²) < 4.78 is 6.30. The fourth-order valence-electron chi connectivity index (χ4n) is 7.45. The normalized spacial score (nSPS) is 16.2. The van der Waals surface area contributed by atoms with E-state index >= 15 is 0 Å². The molecule has 0 aromatic heterocycles. The second kappa shape index (κ2) is 13.2. The molecule has 46 heavy (non-hydrogen) atoms. The van der Waals surface area contributed by atoms with Gasteiger partial charge in [-0.15, -0.1) is 0 Å². The molecule has 2 aliphatic carbocycles. The number of hydrogen-bond acceptors (Lipinski definition) is 0. The van der Waals surface area contributed by atoms with Crippen molar-refractivity contribution < 1.29 is 46.1 Å². The molecule has 4 aromatic carbocycles. The minimum absolute atomic E-state index is 0. The Morgan fingerprint density at radius 2 is 1.39 bits per heavy atom.